The Kier molecular flexibility index (Phi) is 6.10. The van der Waals surface area contributed by atoms with Gasteiger partial charge >= 0.3 is 0 Å². The van der Waals surface area contributed by atoms with Crippen molar-refractivity contribution in [3.8, 4) is 16.9 Å². The van der Waals surface area contributed by atoms with Gasteiger partial charge in [0, 0.05) is 35.6 Å². The summed E-state index contributed by atoms with van der Waals surface area (Å²) < 4.78 is 7.19. The van der Waals surface area contributed by atoms with Gasteiger partial charge < -0.3 is 19.9 Å². The minimum Gasteiger partial charge on any atom is -0.497 e. The second-order valence-electron chi connectivity index (χ2n) is 8.44. The monoisotopic (exact) mass is 454 g/mol. The maximum absolute atomic E-state index is 13.2. The Balaban J connectivity index is 1.47. The van der Waals surface area contributed by atoms with Crippen LogP contribution >= 0.6 is 0 Å². The number of nitrogens with one attached hydrogen (secondary N) is 2. The van der Waals surface area contributed by atoms with Crippen molar-refractivity contribution in [1.29, 1.82) is 0 Å². The molecule has 0 spiro atoms. The Labute approximate surface area is 197 Å². The molecule has 2 aromatic heterocycles. The van der Waals surface area contributed by atoms with Gasteiger partial charge in [-0.15, -0.1) is 0 Å². The topological polar surface area (TPSA) is 85.2 Å². The molecule has 172 valence electrons. The standard InChI is InChI=1S/C27H26N4O3/c1-34-21-8-9-22-23(19-10-13-28-14-11-19)16-26(32)31(25(22)15-21)17-18-4-6-20(7-5-18)30-27(33)24-3-2-12-29-24/h4-11,13-16,24,29H,2-3,12,17H2,1H3,(H,30,33)/t24-/m0/s1. The summed E-state index contributed by atoms with van der Waals surface area (Å²) in [5.74, 6) is 0.678. The number of amides is 1. The molecule has 5 rings (SSSR count). The van der Waals surface area contributed by atoms with E-state index in [1.54, 1.807) is 30.1 Å². The van der Waals surface area contributed by atoms with Gasteiger partial charge in [0.25, 0.3) is 5.56 Å². The molecule has 34 heavy (non-hydrogen) atoms. The first kappa shape index (κ1) is 21.9. The van der Waals surface area contributed by atoms with Crippen molar-refractivity contribution < 1.29 is 9.53 Å². The molecule has 2 aromatic carbocycles. The van der Waals surface area contributed by atoms with E-state index in [4.69, 9.17) is 4.74 Å². The number of hydrogen-bond acceptors (Lipinski definition) is 5. The molecule has 3 heterocycles. The molecule has 0 aliphatic carbocycles. The predicted octanol–water partition coefficient (Wildman–Crippen LogP) is 3.81. The molecule has 0 unspecified atom stereocenters. The molecule has 0 radical (unpaired) electrons. The fourth-order valence-corrected chi connectivity index (χ4v) is 4.43. The van der Waals surface area contributed by atoms with Crippen LogP contribution in [0.25, 0.3) is 22.0 Å². The summed E-state index contributed by atoms with van der Waals surface area (Å²) in [6.45, 7) is 1.28. The van der Waals surface area contributed by atoms with E-state index in [0.717, 1.165) is 52.7 Å². The van der Waals surface area contributed by atoms with Crippen molar-refractivity contribution in [3.05, 3.63) is 89.0 Å². The summed E-state index contributed by atoms with van der Waals surface area (Å²) in [4.78, 5) is 29.7. The number of nitrogens with zero attached hydrogens (tertiary/aromatic N) is 2. The summed E-state index contributed by atoms with van der Waals surface area (Å²) >= 11 is 0. The smallest absolute Gasteiger partial charge is 0.251 e. The molecule has 1 saturated heterocycles. The van der Waals surface area contributed by atoms with Crippen LogP contribution in [0.3, 0.4) is 0 Å². The third-order valence-corrected chi connectivity index (χ3v) is 6.25. The molecule has 7 heteroatoms. The number of methoxy groups -OCH3 is 1. The minimum atomic E-state index is -0.126. The zero-order chi connectivity index (χ0) is 23.5. The van der Waals surface area contributed by atoms with E-state index in [1.807, 2.05) is 54.6 Å². The second-order valence-corrected chi connectivity index (χ2v) is 8.44. The van der Waals surface area contributed by atoms with Crippen LogP contribution in [0.4, 0.5) is 5.69 Å². The number of aromatic nitrogens is 2. The lowest BCUT2D eigenvalue weighted by Gasteiger charge is -2.15. The van der Waals surface area contributed by atoms with Crippen molar-refractivity contribution in [2.45, 2.75) is 25.4 Å². The number of fused-ring (bicyclic) bond motifs is 1. The minimum absolute atomic E-state index is 0.00809. The maximum atomic E-state index is 13.2. The average molecular weight is 455 g/mol. The summed E-state index contributed by atoms with van der Waals surface area (Å²) in [6.07, 6.45) is 5.32. The molecule has 4 aromatic rings. The van der Waals surface area contributed by atoms with E-state index < -0.39 is 0 Å². The molecule has 7 nitrogen and oxygen atoms in total. The van der Waals surface area contributed by atoms with Crippen molar-refractivity contribution in [2.24, 2.45) is 0 Å². The lowest BCUT2D eigenvalue weighted by atomic mass is 10.0. The number of rotatable bonds is 6. The third kappa shape index (κ3) is 4.43. The van der Waals surface area contributed by atoms with Gasteiger partial charge in [0.2, 0.25) is 5.91 Å². The first-order chi connectivity index (χ1) is 16.6. The van der Waals surface area contributed by atoms with Gasteiger partial charge in [0.15, 0.2) is 0 Å². The number of hydrogen-bond donors (Lipinski definition) is 2. The van der Waals surface area contributed by atoms with E-state index in [2.05, 4.69) is 15.6 Å². The van der Waals surface area contributed by atoms with E-state index in [1.165, 1.54) is 0 Å². The van der Waals surface area contributed by atoms with Gasteiger partial charge in [-0.1, -0.05) is 12.1 Å². The fraction of sp³-hybridized carbons (Fsp3) is 0.222. The summed E-state index contributed by atoms with van der Waals surface area (Å²) in [5, 5.41) is 7.13. The van der Waals surface area contributed by atoms with Gasteiger partial charge in [-0.25, -0.2) is 0 Å². The number of pyridine rings is 2. The van der Waals surface area contributed by atoms with Crippen LogP contribution < -0.4 is 20.9 Å². The van der Waals surface area contributed by atoms with E-state index in [9.17, 15) is 9.59 Å². The lowest BCUT2D eigenvalue weighted by molar-refractivity contribution is -0.117. The molecule has 0 bridgehead atoms. The Morgan fingerprint density at radius 1 is 1.12 bits per heavy atom. The fourth-order valence-electron chi connectivity index (χ4n) is 4.43. The zero-order valence-electron chi connectivity index (χ0n) is 19.0. The molecule has 1 aliphatic heterocycles. The van der Waals surface area contributed by atoms with E-state index >= 15 is 0 Å². The maximum Gasteiger partial charge on any atom is 0.251 e. The number of anilines is 1. The average Bonchev–Trinajstić information content (AvgIpc) is 3.42. The summed E-state index contributed by atoms with van der Waals surface area (Å²) in [7, 11) is 1.62. The highest BCUT2D eigenvalue weighted by molar-refractivity contribution is 5.96. The van der Waals surface area contributed by atoms with Crippen LogP contribution in [-0.4, -0.2) is 35.2 Å². The molecular formula is C27H26N4O3. The Hall–Kier alpha value is -3.97. The first-order valence-corrected chi connectivity index (χ1v) is 11.4. The molecule has 2 N–H and O–H groups in total. The van der Waals surface area contributed by atoms with Gasteiger partial charge in [0.1, 0.15) is 5.75 Å². The van der Waals surface area contributed by atoms with Gasteiger partial charge in [-0.3, -0.25) is 14.6 Å². The highest BCUT2D eigenvalue weighted by Crippen LogP contribution is 2.30. The lowest BCUT2D eigenvalue weighted by Crippen LogP contribution is -2.35. The molecule has 0 saturated carbocycles. The van der Waals surface area contributed by atoms with Crippen LogP contribution in [0.2, 0.25) is 0 Å². The number of ether oxygens (including phenoxy) is 1. The quantitative estimate of drug-likeness (QED) is 0.463. The van der Waals surface area contributed by atoms with Crippen LogP contribution in [0.15, 0.2) is 77.9 Å². The van der Waals surface area contributed by atoms with Gasteiger partial charge in [-0.2, -0.15) is 0 Å². The summed E-state index contributed by atoms with van der Waals surface area (Å²) in [6, 6.07) is 18.8. The predicted molar refractivity (Wildman–Crippen MR) is 133 cm³/mol. The number of carbonyl (C=O) groups excluding carboxylic acids is 1. The number of benzene rings is 2. The van der Waals surface area contributed by atoms with E-state index in [0.29, 0.717) is 12.3 Å². The Bertz CT molecular complexity index is 1380. The van der Waals surface area contributed by atoms with Crippen molar-refractivity contribution in [1.82, 2.24) is 14.9 Å². The molecule has 1 fully saturated rings. The largest absolute Gasteiger partial charge is 0.497 e. The Morgan fingerprint density at radius 3 is 2.62 bits per heavy atom. The second kappa shape index (κ2) is 9.49. The van der Waals surface area contributed by atoms with Crippen LogP contribution in [-0.2, 0) is 11.3 Å². The van der Waals surface area contributed by atoms with Crippen molar-refractivity contribution in [2.75, 3.05) is 19.0 Å². The number of carbonyl (C=O) groups is 1. The highest BCUT2D eigenvalue weighted by atomic mass is 16.5. The zero-order valence-corrected chi connectivity index (χ0v) is 19.0. The van der Waals surface area contributed by atoms with E-state index in [-0.39, 0.29) is 17.5 Å². The normalized spacial score (nSPS) is 15.4. The van der Waals surface area contributed by atoms with Crippen LogP contribution in [0.1, 0.15) is 18.4 Å². The van der Waals surface area contributed by atoms with Gasteiger partial charge in [0.05, 0.1) is 25.2 Å². The molecule has 1 aliphatic rings. The van der Waals surface area contributed by atoms with Crippen LogP contribution in [0.5, 0.6) is 5.75 Å². The third-order valence-electron chi connectivity index (χ3n) is 6.25. The molecular weight excluding hydrogens is 428 g/mol. The summed E-state index contributed by atoms with van der Waals surface area (Å²) in [5.41, 5.74) is 4.20. The molecule has 1 amide bonds. The van der Waals surface area contributed by atoms with Crippen LogP contribution in [0, 0.1) is 0 Å². The SMILES string of the molecule is COc1ccc2c(-c3ccncc3)cc(=O)n(Cc3ccc(NC(=O)[C@@H]4CCCN4)cc3)c2c1. The van der Waals surface area contributed by atoms with Crippen molar-refractivity contribution >= 4 is 22.5 Å². The van der Waals surface area contributed by atoms with Gasteiger partial charge in [-0.05, 0) is 72.5 Å². The highest BCUT2D eigenvalue weighted by Gasteiger charge is 2.21. The first-order valence-electron chi connectivity index (χ1n) is 11.4. The molecule has 1 atom stereocenters. The van der Waals surface area contributed by atoms with Crippen molar-refractivity contribution in [3.63, 3.8) is 0 Å². The Morgan fingerprint density at radius 2 is 1.91 bits per heavy atom.